The van der Waals surface area contributed by atoms with Crippen molar-refractivity contribution in [3.8, 4) is 0 Å². The van der Waals surface area contributed by atoms with Crippen LogP contribution in [0.3, 0.4) is 0 Å². The number of carbonyl (C=O) groups excluding carboxylic acids is 1. The molecule has 4 heteroatoms. The van der Waals surface area contributed by atoms with E-state index in [1.54, 1.807) is 6.07 Å². The Morgan fingerprint density at radius 1 is 1.40 bits per heavy atom. The van der Waals surface area contributed by atoms with Crippen LogP contribution in [0, 0.1) is 9.49 Å². The number of hydrogen-bond donors (Lipinski definition) is 0. The lowest BCUT2D eigenvalue weighted by Crippen LogP contribution is -2.41. The lowest BCUT2D eigenvalue weighted by molar-refractivity contribution is 0.0655. The summed E-state index contributed by atoms with van der Waals surface area (Å²) in [4.78, 5) is 14.9. The van der Waals surface area contributed by atoms with Crippen LogP contribution in [-0.2, 0) is 0 Å². The number of benzene rings is 1. The minimum atomic E-state index is 0.129. The normalized spacial score (nSPS) is 15.8. The summed E-state index contributed by atoms with van der Waals surface area (Å²) < 4.78 is 0.983. The molecular formula is C16H21ClINO. The van der Waals surface area contributed by atoms with E-state index in [2.05, 4.69) is 41.3 Å². The third kappa shape index (κ3) is 3.88. The molecule has 2 nitrogen and oxygen atoms in total. The summed E-state index contributed by atoms with van der Waals surface area (Å²) in [7, 11) is 0. The first kappa shape index (κ1) is 16.1. The second kappa shape index (κ2) is 7.12. The van der Waals surface area contributed by atoms with E-state index in [0.717, 1.165) is 23.0 Å². The molecule has 0 bridgehead atoms. The quantitative estimate of drug-likeness (QED) is 0.647. The molecule has 1 fully saturated rings. The Morgan fingerprint density at radius 3 is 2.60 bits per heavy atom. The van der Waals surface area contributed by atoms with Crippen molar-refractivity contribution in [1.82, 2.24) is 4.90 Å². The molecule has 1 aromatic rings. The number of amides is 1. The molecule has 0 aliphatic heterocycles. The minimum absolute atomic E-state index is 0.129. The SMILES string of the molecule is CC(C)CN(C(=O)c1ccc(I)c(Cl)c1)C1CCCC1. The molecule has 0 spiro atoms. The van der Waals surface area contributed by atoms with Gasteiger partial charge in [-0.05, 0) is 59.5 Å². The van der Waals surface area contributed by atoms with Gasteiger partial charge in [0, 0.05) is 21.7 Å². The van der Waals surface area contributed by atoms with E-state index in [9.17, 15) is 4.79 Å². The number of halogens is 2. The Labute approximate surface area is 140 Å². The Balaban J connectivity index is 2.22. The van der Waals surface area contributed by atoms with E-state index >= 15 is 0 Å². The van der Waals surface area contributed by atoms with Crippen molar-refractivity contribution >= 4 is 40.1 Å². The van der Waals surface area contributed by atoms with Gasteiger partial charge in [-0.2, -0.15) is 0 Å². The molecule has 1 aliphatic rings. The highest BCUT2D eigenvalue weighted by molar-refractivity contribution is 14.1. The van der Waals surface area contributed by atoms with Crippen LogP contribution in [0.1, 0.15) is 49.9 Å². The zero-order valence-electron chi connectivity index (χ0n) is 12.0. The maximum absolute atomic E-state index is 12.8. The van der Waals surface area contributed by atoms with Gasteiger partial charge in [-0.25, -0.2) is 0 Å². The predicted molar refractivity (Wildman–Crippen MR) is 92.3 cm³/mol. The van der Waals surface area contributed by atoms with Crippen molar-refractivity contribution in [2.45, 2.75) is 45.6 Å². The molecule has 1 saturated carbocycles. The Kier molecular flexibility index (Phi) is 5.73. The summed E-state index contributed by atoms with van der Waals surface area (Å²) in [5.74, 6) is 0.614. The standard InChI is InChI=1S/C16H21ClINO/c1-11(2)10-19(13-5-3-4-6-13)16(20)12-7-8-15(18)14(17)9-12/h7-9,11,13H,3-6,10H2,1-2H3. The summed E-state index contributed by atoms with van der Waals surface area (Å²) in [6.45, 7) is 5.15. The number of nitrogens with zero attached hydrogens (tertiary/aromatic N) is 1. The summed E-state index contributed by atoms with van der Waals surface area (Å²) in [5.41, 5.74) is 0.711. The van der Waals surface area contributed by atoms with E-state index in [4.69, 9.17) is 11.6 Å². The minimum Gasteiger partial charge on any atom is -0.335 e. The molecule has 0 atom stereocenters. The van der Waals surface area contributed by atoms with Crippen molar-refractivity contribution in [3.63, 3.8) is 0 Å². The highest BCUT2D eigenvalue weighted by atomic mass is 127. The van der Waals surface area contributed by atoms with Crippen LogP contribution in [0.5, 0.6) is 0 Å². The monoisotopic (exact) mass is 405 g/mol. The van der Waals surface area contributed by atoms with Gasteiger partial charge < -0.3 is 4.90 Å². The first-order valence-electron chi connectivity index (χ1n) is 7.25. The first-order chi connectivity index (χ1) is 9.49. The van der Waals surface area contributed by atoms with E-state index < -0.39 is 0 Å². The van der Waals surface area contributed by atoms with Crippen LogP contribution in [0.25, 0.3) is 0 Å². The molecule has 0 N–H and O–H groups in total. The van der Waals surface area contributed by atoms with Gasteiger partial charge in [0.05, 0.1) is 5.02 Å². The van der Waals surface area contributed by atoms with Crippen LogP contribution in [-0.4, -0.2) is 23.4 Å². The molecule has 0 saturated heterocycles. The van der Waals surface area contributed by atoms with Gasteiger partial charge in [0.2, 0.25) is 0 Å². The second-order valence-electron chi connectivity index (χ2n) is 5.92. The predicted octanol–water partition coefficient (Wildman–Crippen LogP) is 4.99. The Bertz CT molecular complexity index is 483. The second-order valence-corrected chi connectivity index (χ2v) is 7.49. The summed E-state index contributed by atoms with van der Waals surface area (Å²) >= 11 is 8.33. The van der Waals surface area contributed by atoms with Gasteiger partial charge >= 0.3 is 0 Å². The average molecular weight is 406 g/mol. The zero-order valence-corrected chi connectivity index (χ0v) is 14.9. The molecule has 110 valence electrons. The topological polar surface area (TPSA) is 20.3 Å². The van der Waals surface area contributed by atoms with Gasteiger partial charge in [-0.15, -0.1) is 0 Å². The third-order valence-corrected chi connectivity index (χ3v) is 5.33. The van der Waals surface area contributed by atoms with E-state index in [1.165, 1.54) is 12.8 Å². The number of rotatable bonds is 4. The highest BCUT2D eigenvalue weighted by Crippen LogP contribution is 2.27. The molecule has 1 aromatic carbocycles. The van der Waals surface area contributed by atoms with Gasteiger partial charge in [-0.1, -0.05) is 38.3 Å². The molecule has 0 heterocycles. The largest absolute Gasteiger partial charge is 0.335 e. The van der Waals surface area contributed by atoms with E-state index in [0.29, 0.717) is 22.5 Å². The average Bonchev–Trinajstić information content (AvgIpc) is 2.92. The summed E-state index contributed by atoms with van der Waals surface area (Å²) in [6, 6.07) is 6.01. The maximum atomic E-state index is 12.8. The van der Waals surface area contributed by atoms with E-state index in [-0.39, 0.29) is 5.91 Å². The third-order valence-electron chi connectivity index (χ3n) is 3.75. The molecule has 0 aromatic heterocycles. The van der Waals surface area contributed by atoms with Gasteiger partial charge in [0.25, 0.3) is 5.91 Å². The number of hydrogen-bond acceptors (Lipinski definition) is 1. The maximum Gasteiger partial charge on any atom is 0.254 e. The van der Waals surface area contributed by atoms with Gasteiger partial charge in [0.15, 0.2) is 0 Å². The molecule has 1 aliphatic carbocycles. The fourth-order valence-corrected chi connectivity index (χ4v) is 3.32. The summed E-state index contributed by atoms with van der Waals surface area (Å²) in [6.07, 6.45) is 4.74. The Morgan fingerprint density at radius 2 is 2.05 bits per heavy atom. The van der Waals surface area contributed by atoms with Gasteiger partial charge in [-0.3, -0.25) is 4.79 Å². The van der Waals surface area contributed by atoms with Crippen molar-refractivity contribution in [3.05, 3.63) is 32.4 Å². The van der Waals surface area contributed by atoms with Gasteiger partial charge in [0.1, 0.15) is 0 Å². The van der Waals surface area contributed by atoms with E-state index in [1.807, 2.05) is 12.1 Å². The fraction of sp³-hybridized carbons (Fsp3) is 0.562. The zero-order chi connectivity index (χ0) is 14.7. The van der Waals surface area contributed by atoms with Crippen LogP contribution < -0.4 is 0 Å². The molecule has 0 unspecified atom stereocenters. The molecule has 0 radical (unpaired) electrons. The van der Waals surface area contributed by atoms with Crippen molar-refractivity contribution < 1.29 is 4.79 Å². The van der Waals surface area contributed by atoms with Crippen LogP contribution in [0.15, 0.2) is 18.2 Å². The highest BCUT2D eigenvalue weighted by Gasteiger charge is 2.28. The lowest BCUT2D eigenvalue weighted by atomic mass is 10.1. The van der Waals surface area contributed by atoms with Crippen molar-refractivity contribution in [2.75, 3.05) is 6.54 Å². The fourth-order valence-electron chi connectivity index (χ4n) is 2.80. The van der Waals surface area contributed by atoms with Crippen LogP contribution >= 0.6 is 34.2 Å². The lowest BCUT2D eigenvalue weighted by Gasteiger charge is -2.30. The Hall–Kier alpha value is -0.290. The molecule has 1 amide bonds. The van der Waals surface area contributed by atoms with Crippen molar-refractivity contribution in [2.24, 2.45) is 5.92 Å². The smallest absolute Gasteiger partial charge is 0.254 e. The van der Waals surface area contributed by atoms with Crippen LogP contribution in [0.2, 0.25) is 5.02 Å². The molecule has 2 rings (SSSR count). The molecule has 20 heavy (non-hydrogen) atoms. The molecular weight excluding hydrogens is 385 g/mol. The number of carbonyl (C=O) groups is 1. The van der Waals surface area contributed by atoms with Crippen molar-refractivity contribution in [1.29, 1.82) is 0 Å². The van der Waals surface area contributed by atoms with Crippen LogP contribution in [0.4, 0.5) is 0 Å². The summed E-state index contributed by atoms with van der Waals surface area (Å²) in [5, 5.41) is 0.660. The first-order valence-corrected chi connectivity index (χ1v) is 8.70.